The first-order chi connectivity index (χ1) is 10.7. The highest BCUT2D eigenvalue weighted by atomic mass is 32.1. The van der Waals surface area contributed by atoms with Crippen LogP contribution in [-0.2, 0) is 4.74 Å². The fourth-order valence-corrected chi connectivity index (χ4v) is 4.01. The van der Waals surface area contributed by atoms with Gasteiger partial charge in [-0.05, 0) is 28.0 Å². The second kappa shape index (κ2) is 5.31. The largest absolute Gasteiger partial charge is 0.399 e. The number of rotatable bonds is 1. The predicted molar refractivity (Wildman–Crippen MR) is 79.9 cm³/mol. The Hall–Kier alpha value is -2.59. The molecule has 0 unspecified atom stereocenters. The van der Waals surface area contributed by atoms with Gasteiger partial charge in [-0.15, -0.1) is 0 Å². The third-order valence-corrected chi connectivity index (χ3v) is 5.04. The Kier molecular flexibility index (Phi) is 3.47. The molecule has 1 aliphatic heterocycles. The van der Waals surface area contributed by atoms with Crippen LogP contribution in [0.4, 0.5) is 0 Å². The molecule has 2 heterocycles. The molecule has 22 heavy (non-hydrogen) atoms. The van der Waals surface area contributed by atoms with Gasteiger partial charge in [-0.2, -0.15) is 27.1 Å². The minimum atomic E-state index is -1.55. The van der Waals surface area contributed by atoms with Crippen LogP contribution < -0.4 is 5.73 Å². The Morgan fingerprint density at radius 3 is 2.68 bits per heavy atom. The van der Waals surface area contributed by atoms with Gasteiger partial charge in [0.25, 0.3) is 0 Å². The maximum atomic E-state index is 9.73. The zero-order chi connectivity index (χ0) is 15.7. The van der Waals surface area contributed by atoms with Crippen molar-refractivity contribution in [2.24, 2.45) is 17.1 Å². The summed E-state index contributed by atoms with van der Waals surface area (Å²) in [4.78, 5) is 0. The molecule has 3 rings (SSSR count). The highest BCUT2D eigenvalue weighted by molar-refractivity contribution is 7.08. The molecule has 0 radical (unpaired) electrons. The van der Waals surface area contributed by atoms with Crippen LogP contribution in [0.2, 0.25) is 0 Å². The Morgan fingerprint density at radius 1 is 1.32 bits per heavy atom. The summed E-state index contributed by atoms with van der Waals surface area (Å²) in [6.07, 6.45) is 1.83. The fraction of sp³-hybridized carbons (Fsp3) is 0.312. The first-order valence-electron chi connectivity index (χ1n) is 6.72. The van der Waals surface area contributed by atoms with E-state index in [-0.39, 0.29) is 17.2 Å². The molecule has 5 nitrogen and oxygen atoms in total. The summed E-state index contributed by atoms with van der Waals surface area (Å²) in [5, 5.41) is 32.7. The quantitative estimate of drug-likeness (QED) is 0.855. The smallest absolute Gasteiger partial charge is 0.191 e. The lowest BCUT2D eigenvalue weighted by atomic mass is 9.59. The molecule has 0 saturated heterocycles. The normalized spacial score (nSPS) is 26.1. The molecule has 0 fully saturated rings. The van der Waals surface area contributed by atoms with Crippen LogP contribution in [0.5, 0.6) is 0 Å². The van der Waals surface area contributed by atoms with Crippen molar-refractivity contribution >= 4 is 11.3 Å². The SMILES string of the molecule is N#CC1=C(N)C(C#N)(C#N)[C@H](c2ccsc2)[C@H]2COCC=C12. The molecule has 1 aromatic heterocycles. The van der Waals surface area contributed by atoms with Gasteiger partial charge >= 0.3 is 0 Å². The van der Waals surface area contributed by atoms with Crippen LogP contribution in [-0.4, -0.2) is 13.2 Å². The molecular weight excluding hydrogens is 296 g/mol. The number of hydrogen-bond donors (Lipinski definition) is 1. The van der Waals surface area contributed by atoms with Crippen molar-refractivity contribution in [1.82, 2.24) is 0 Å². The maximum Gasteiger partial charge on any atom is 0.191 e. The summed E-state index contributed by atoms with van der Waals surface area (Å²) in [7, 11) is 0. The van der Waals surface area contributed by atoms with Crippen LogP contribution in [0.25, 0.3) is 0 Å². The number of ether oxygens (including phenoxy) is 1. The molecule has 2 aliphatic rings. The molecule has 2 atom stereocenters. The van der Waals surface area contributed by atoms with E-state index in [1.165, 1.54) is 11.3 Å². The molecule has 0 spiro atoms. The van der Waals surface area contributed by atoms with Crippen molar-refractivity contribution in [3.05, 3.63) is 45.3 Å². The van der Waals surface area contributed by atoms with Gasteiger partial charge in [0.2, 0.25) is 0 Å². The number of fused-ring (bicyclic) bond motifs is 1. The predicted octanol–water partition coefficient (Wildman–Crippen LogP) is 2.19. The van der Waals surface area contributed by atoms with Gasteiger partial charge in [0.1, 0.15) is 6.07 Å². The minimum Gasteiger partial charge on any atom is -0.399 e. The summed E-state index contributed by atoms with van der Waals surface area (Å²) < 4.78 is 5.51. The summed E-state index contributed by atoms with van der Waals surface area (Å²) in [5.41, 5.74) is 6.57. The van der Waals surface area contributed by atoms with E-state index in [4.69, 9.17) is 10.5 Å². The number of nitriles is 3. The number of nitrogens with two attached hydrogens (primary N) is 1. The summed E-state index contributed by atoms with van der Waals surface area (Å²) >= 11 is 1.50. The Bertz CT molecular complexity index is 772. The zero-order valence-electron chi connectivity index (χ0n) is 11.6. The van der Waals surface area contributed by atoms with Gasteiger partial charge < -0.3 is 10.5 Å². The van der Waals surface area contributed by atoms with E-state index < -0.39 is 11.3 Å². The van der Waals surface area contributed by atoms with Gasteiger partial charge in [-0.3, -0.25) is 0 Å². The number of hydrogen-bond acceptors (Lipinski definition) is 6. The Morgan fingerprint density at radius 2 is 2.09 bits per heavy atom. The second-order valence-corrected chi connectivity index (χ2v) is 6.05. The van der Waals surface area contributed by atoms with Gasteiger partial charge in [-0.1, -0.05) is 6.08 Å². The van der Waals surface area contributed by atoms with Gasteiger partial charge in [0.15, 0.2) is 5.41 Å². The lowest BCUT2D eigenvalue weighted by molar-refractivity contribution is 0.0980. The highest BCUT2D eigenvalue weighted by Crippen LogP contribution is 2.54. The van der Waals surface area contributed by atoms with Crippen LogP contribution >= 0.6 is 11.3 Å². The van der Waals surface area contributed by atoms with Crippen molar-refractivity contribution in [1.29, 1.82) is 15.8 Å². The van der Waals surface area contributed by atoms with Crippen LogP contribution in [0.15, 0.2) is 39.7 Å². The highest BCUT2D eigenvalue weighted by Gasteiger charge is 2.54. The Balaban J connectivity index is 2.33. The lowest BCUT2D eigenvalue weighted by Gasteiger charge is -2.42. The van der Waals surface area contributed by atoms with E-state index in [9.17, 15) is 15.8 Å². The summed E-state index contributed by atoms with van der Waals surface area (Å²) in [6, 6.07) is 8.13. The monoisotopic (exact) mass is 308 g/mol. The first kappa shape index (κ1) is 14.4. The van der Waals surface area contributed by atoms with E-state index in [2.05, 4.69) is 18.2 Å². The maximum absolute atomic E-state index is 9.73. The third kappa shape index (κ3) is 1.77. The molecule has 0 aromatic carbocycles. The van der Waals surface area contributed by atoms with E-state index in [1.807, 2.05) is 22.9 Å². The fourth-order valence-electron chi connectivity index (χ4n) is 3.31. The molecule has 0 amide bonds. The van der Waals surface area contributed by atoms with Crippen molar-refractivity contribution in [2.75, 3.05) is 13.2 Å². The Labute approximate surface area is 132 Å². The lowest BCUT2D eigenvalue weighted by Crippen LogP contribution is -2.44. The number of allylic oxidation sites excluding steroid dienone is 2. The van der Waals surface area contributed by atoms with E-state index in [0.717, 1.165) is 11.1 Å². The summed E-state index contributed by atoms with van der Waals surface area (Å²) in [6.45, 7) is 0.780. The van der Waals surface area contributed by atoms with Crippen molar-refractivity contribution in [3.8, 4) is 18.2 Å². The minimum absolute atomic E-state index is 0.0561. The second-order valence-electron chi connectivity index (χ2n) is 5.27. The van der Waals surface area contributed by atoms with Gasteiger partial charge in [0.05, 0.1) is 36.6 Å². The van der Waals surface area contributed by atoms with Gasteiger partial charge in [-0.25, -0.2) is 0 Å². The van der Waals surface area contributed by atoms with E-state index in [1.54, 1.807) is 0 Å². The standard InChI is InChI=1S/C16H12N4OS/c17-5-12-11-1-3-21-6-13(11)14(10-2-4-22-7-10)16(8-18,9-19)15(12)20/h1-2,4,7,13-14H,3,6,20H2/t13-,14+/m0/s1. The summed E-state index contributed by atoms with van der Waals surface area (Å²) in [5.74, 6) is -0.651. The topological polar surface area (TPSA) is 107 Å². The molecule has 0 saturated carbocycles. The van der Waals surface area contributed by atoms with Gasteiger partial charge in [0, 0.05) is 11.8 Å². The van der Waals surface area contributed by atoms with Crippen LogP contribution in [0, 0.1) is 45.3 Å². The first-order valence-corrected chi connectivity index (χ1v) is 7.67. The molecular formula is C16H12N4OS. The van der Waals surface area contributed by atoms with Crippen molar-refractivity contribution in [3.63, 3.8) is 0 Å². The average Bonchev–Trinajstić information content (AvgIpc) is 3.08. The van der Waals surface area contributed by atoms with Crippen molar-refractivity contribution < 1.29 is 4.74 Å². The average molecular weight is 308 g/mol. The van der Waals surface area contributed by atoms with Crippen molar-refractivity contribution in [2.45, 2.75) is 5.92 Å². The molecule has 0 bridgehead atoms. The molecule has 6 heteroatoms. The van der Waals surface area contributed by atoms with Crippen LogP contribution in [0.1, 0.15) is 11.5 Å². The molecule has 2 N–H and O–H groups in total. The third-order valence-electron chi connectivity index (χ3n) is 4.34. The van der Waals surface area contributed by atoms with E-state index in [0.29, 0.717) is 13.2 Å². The van der Waals surface area contributed by atoms with E-state index >= 15 is 0 Å². The molecule has 1 aromatic rings. The number of thiophene rings is 1. The zero-order valence-corrected chi connectivity index (χ0v) is 12.4. The molecule has 108 valence electrons. The van der Waals surface area contributed by atoms with Crippen LogP contribution in [0.3, 0.4) is 0 Å². The number of nitrogens with zero attached hydrogens (tertiary/aromatic N) is 3. The molecule has 1 aliphatic carbocycles.